The van der Waals surface area contributed by atoms with Crippen LogP contribution in [-0.4, -0.2) is 17.0 Å². The largest absolute Gasteiger partial charge is 0.478 e. The molecule has 5 nitrogen and oxygen atoms in total. The van der Waals surface area contributed by atoms with E-state index in [-0.39, 0.29) is 11.3 Å². The van der Waals surface area contributed by atoms with Crippen LogP contribution < -0.4 is 10.1 Å². The number of carbonyl (C=O) groups excluding carboxylic acids is 1. The number of benzene rings is 4. The molecule has 0 radical (unpaired) electrons. The summed E-state index contributed by atoms with van der Waals surface area (Å²) in [7, 11) is 0. The Morgan fingerprint density at radius 1 is 0.781 bits per heavy atom. The van der Waals surface area contributed by atoms with Crippen molar-refractivity contribution >= 4 is 17.6 Å². The van der Waals surface area contributed by atoms with Gasteiger partial charge in [-0.1, -0.05) is 54.6 Å². The summed E-state index contributed by atoms with van der Waals surface area (Å²) in [6.07, 6.45) is 0. The van der Waals surface area contributed by atoms with Gasteiger partial charge in [0.15, 0.2) is 0 Å². The zero-order chi connectivity index (χ0) is 22.5. The minimum atomic E-state index is -1.42. The Morgan fingerprint density at radius 3 is 2.12 bits per heavy atom. The van der Waals surface area contributed by atoms with E-state index in [9.17, 15) is 19.1 Å². The van der Waals surface area contributed by atoms with Crippen LogP contribution in [0.5, 0.6) is 11.5 Å². The Kier molecular flexibility index (Phi) is 5.94. The molecule has 158 valence electrons. The van der Waals surface area contributed by atoms with Crippen molar-refractivity contribution in [2.75, 3.05) is 5.32 Å². The van der Waals surface area contributed by atoms with Crippen LogP contribution in [0.15, 0.2) is 97.1 Å². The first-order valence-electron chi connectivity index (χ1n) is 9.78. The topological polar surface area (TPSA) is 75.6 Å². The monoisotopic (exact) mass is 427 g/mol. The molecule has 1 amide bonds. The van der Waals surface area contributed by atoms with Gasteiger partial charge >= 0.3 is 5.97 Å². The number of aromatic carboxylic acids is 1. The fourth-order valence-corrected chi connectivity index (χ4v) is 3.21. The van der Waals surface area contributed by atoms with Crippen LogP contribution in [-0.2, 0) is 0 Å². The SMILES string of the molecule is O=C(Nc1cc(C(=O)O)c(F)c(-c2ccccc2)c1)c1cccc(Oc2ccccc2)c1. The minimum Gasteiger partial charge on any atom is -0.478 e. The normalized spacial score (nSPS) is 10.4. The highest BCUT2D eigenvalue weighted by Crippen LogP contribution is 2.30. The molecule has 0 saturated carbocycles. The fraction of sp³-hybridized carbons (Fsp3) is 0. The molecule has 0 aromatic heterocycles. The van der Waals surface area contributed by atoms with Crippen molar-refractivity contribution in [3.05, 3.63) is 114 Å². The second-order valence-corrected chi connectivity index (χ2v) is 6.95. The van der Waals surface area contributed by atoms with Crippen LogP contribution in [0.4, 0.5) is 10.1 Å². The summed E-state index contributed by atoms with van der Waals surface area (Å²) in [5.74, 6) is -1.67. The van der Waals surface area contributed by atoms with Gasteiger partial charge < -0.3 is 15.2 Å². The predicted molar refractivity (Wildman–Crippen MR) is 120 cm³/mol. The van der Waals surface area contributed by atoms with Crippen molar-refractivity contribution in [2.45, 2.75) is 0 Å². The summed E-state index contributed by atoms with van der Waals surface area (Å²) in [4.78, 5) is 24.4. The standard InChI is InChI=1S/C26H18FNO4/c27-24-22(17-8-3-1-4-9-17)15-19(16-23(24)26(30)31)28-25(29)18-10-7-13-21(14-18)32-20-11-5-2-6-12-20/h1-16H,(H,28,29)(H,30,31). The number of ether oxygens (including phenoxy) is 1. The lowest BCUT2D eigenvalue weighted by atomic mass is 10.0. The second-order valence-electron chi connectivity index (χ2n) is 6.95. The molecule has 6 heteroatoms. The molecule has 2 N–H and O–H groups in total. The lowest BCUT2D eigenvalue weighted by Crippen LogP contribution is -2.13. The van der Waals surface area contributed by atoms with Crippen molar-refractivity contribution in [1.82, 2.24) is 0 Å². The first kappa shape index (κ1) is 20.8. The highest BCUT2D eigenvalue weighted by atomic mass is 19.1. The number of hydrogen-bond donors (Lipinski definition) is 2. The van der Waals surface area contributed by atoms with Crippen LogP contribution in [0, 0.1) is 5.82 Å². The fourth-order valence-electron chi connectivity index (χ4n) is 3.21. The molecular weight excluding hydrogens is 409 g/mol. The van der Waals surface area contributed by atoms with Crippen molar-refractivity contribution < 1.29 is 23.8 Å². The molecule has 32 heavy (non-hydrogen) atoms. The number of carboxylic acids is 1. The summed E-state index contributed by atoms with van der Waals surface area (Å²) in [6, 6.07) is 26.8. The Hall–Kier alpha value is -4.45. The summed E-state index contributed by atoms with van der Waals surface area (Å²) >= 11 is 0. The number of anilines is 1. The number of carbonyl (C=O) groups is 2. The van der Waals surface area contributed by atoms with Gasteiger partial charge in [0.2, 0.25) is 0 Å². The van der Waals surface area contributed by atoms with E-state index in [1.54, 1.807) is 66.7 Å². The van der Waals surface area contributed by atoms with E-state index in [2.05, 4.69) is 5.32 Å². The number of halogens is 1. The quantitative estimate of drug-likeness (QED) is 0.382. The van der Waals surface area contributed by atoms with E-state index in [1.807, 2.05) is 18.2 Å². The molecule has 0 saturated heterocycles. The van der Waals surface area contributed by atoms with E-state index < -0.39 is 23.3 Å². The van der Waals surface area contributed by atoms with Crippen molar-refractivity contribution in [1.29, 1.82) is 0 Å². The Bertz CT molecular complexity index is 1270. The molecule has 0 aliphatic carbocycles. The van der Waals surface area contributed by atoms with Crippen LogP contribution >= 0.6 is 0 Å². The first-order valence-corrected chi connectivity index (χ1v) is 9.78. The van der Waals surface area contributed by atoms with Crippen LogP contribution in [0.2, 0.25) is 0 Å². The van der Waals surface area contributed by atoms with E-state index in [0.717, 1.165) is 6.07 Å². The van der Waals surface area contributed by atoms with Crippen LogP contribution in [0.25, 0.3) is 11.1 Å². The van der Waals surface area contributed by atoms with E-state index in [4.69, 9.17) is 4.74 Å². The van der Waals surface area contributed by atoms with E-state index >= 15 is 0 Å². The zero-order valence-electron chi connectivity index (χ0n) is 16.8. The summed E-state index contributed by atoms with van der Waals surface area (Å²) in [5.41, 5.74) is 0.537. The van der Waals surface area contributed by atoms with E-state index in [1.165, 1.54) is 6.07 Å². The molecular formula is C26H18FNO4. The number of nitrogens with one attached hydrogen (secondary N) is 1. The molecule has 0 bridgehead atoms. The summed E-state index contributed by atoms with van der Waals surface area (Å²) < 4.78 is 20.6. The van der Waals surface area contributed by atoms with Crippen molar-refractivity contribution in [2.24, 2.45) is 0 Å². The zero-order valence-corrected chi connectivity index (χ0v) is 16.8. The third-order valence-electron chi connectivity index (χ3n) is 4.72. The molecule has 0 aliphatic rings. The lowest BCUT2D eigenvalue weighted by Gasteiger charge is -2.12. The molecule has 0 fully saturated rings. The van der Waals surface area contributed by atoms with Crippen molar-refractivity contribution in [3.8, 4) is 22.6 Å². The lowest BCUT2D eigenvalue weighted by molar-refractivity contribution is 0.0691. The molecule has 0 atom stereocenters. The molecule has 0 heterocycles. The molecule has 4 aromatic rings. The number of hydrogen-bond acceptors (Lipinski definition) is 3. The van der Waals surface area contributed by atoms with Crippen LogP contribution in [0.1, 0.15) is 20.7 Å². The average Bonchev–Trinajstić information content (AvgIpc) is 2.81. The van der Waals surface area contributed by atoms with Gasteiger partial charge in [0, 0.05) is 16.8 Å². The Balaban J connectivity index is 1.63. The van der Waals surface area contributed by atoms with Gasteiger partial charge in [-0.15, -0.1) is 0 Å². The molecule has 4 aromatic carbocycles. The number of para-hydroxylation sites is 1. The third-order valence-corrected chi connectivity index (χ3v) is 4.72. The molecule has 0 spiro atoms. The highest BCUT2D eigenvalue weighted by Gasteiger charge is 2.19. The predicted octanol–water partition coefficient (Wildman–Crippen LogP) is 6.24. The second kappa shape index (κ2) is 9.14. The smallest absolute Gasteiger partial charge is 0.338 e. The average molecular weight is 427 g/mol. The maximum Gasteiger partial charge on any atom is 0.338 e. The van der Waals surface area contributed by atoms with Gasteiger partial charge in [0.05, 0.1) is 5.56 Å². The maximum atomic E-state index is 14.8. The van der Waals surface area contributed by atoms with Gasteiger partial charge in [0.25, 0.3) is 5.91 Å². The van der Waals surface area contributed by atoms with Gasteiger partial charge in [-0.3, -0.25) is 4.79 Å². The van der Waals surface area contributed by atoms with E-state index in [0.29, 0.717) is 22.6 Å². The molecule has 0 aliphatic heterocycles. The van der Waals surface area contributed by atoms with Crippen LogP contribution in [0.3, 0.4) is 0 Å². The van der Waals surface area contributed by atoms with Gasteiger partial charge in [-0.25, -0.2) is 9.18 Å². The van der Waals surface area contributed by atoms with Gasteiger partial charge in [-0.05, 0) is 48.0 Å². The number of carboxylic acid groups (broad SMARTS) is 1. The first-order chi connectivity index (χ1) is 15.5. The number of rotatable bonds is 6. The molecule has 0 unspecified atom stereocenters. The van der Waals surface area contributed by atoms with Gasteiger partial charge in [-0.2, -0.15) is 0 Å². The summed E-state index contributed by atoms with van der Waals surface area (Å²) in [6.45, 7) is 0. The minimum absolute atomic E-state index is 0.0851. The Labute approximate surface area is 183 Å². The number of amides is 1. The molecule has 4 rings (SSSR count). The third kappa shape index (κ3) is 4.65. The summed E-state index contributed by atoms with van der Waals surface area (Å²) in [5, 5.41) is 12.1. The Morgan fingerprint density at radius 2 is 1.44 bits per heavy atom. The van der Waals surface area contributed by atoms with Crippen molar-refractivity contribution in [3.63, 3.8) is 0 Å². The maximum absolute atomic E-state index is 14.8. The highest BCUT2D eigenvalue weighted by molar-refractivity contribution is 6.05. The van der Waals surface area contributed by atoms with Gasteiger partial charge in [0.1, 0.15) is 17.3 Å².